The number of nitrogens with two attached hydrogens (primary N) is 3. The Bertz CT molecular complexity index is 1560. The number of primary amides is 1. The third kappa shape index (κ3) is 8.18. The Hall–Kier alpha value is -4.54. The van der Waals surface area contributed by atoms with Gasteiger partial charge in [0.15, 0.2) is 5.72 Å². The molecule has 0 aromatic rings. The van der Waals surface area contributed by atoms with Crippen LogP contribution in [0.15, 0.2) is 22.5 Å². The number of Topliss-reactive ketones (excluding diaryl/α,β-unsaturated/α-hetero) is 2. The smallest absolute Gasteiger partial charge is 0.410 e. The second-order valence-corrected chi connectivity index (χ2v) is 14.2. The zero-order valence-corrected chi connectivity index (χ0v) is 28.5. The molecule has 3 heterocycles. The number of rotatable bonds is 17. The first-order valence-corrected chi connectivity index (χ1v) is 17.6. The number of carbonyl (C=O) groups is 8. The molecule has 4 rings (SSSR count). The molecule has 4 amide bonds. The van der Waals surface area contributed by atoms with Gasteiger partial charge in [-0.2, -0.15) is 0 Å². The summed E-state index contributed by atoms with van der Waals surface area (Å²) in [6.07, 6.45) is -2.27. The van der Waals surface area contributed by atoms with Gasteiger partial charge in [-0.15, -0.1) is 0 Å². The van der Waals surface area contributed by atoms with E-state index in [1.165, 1.54) is 29.7 Å². The Kier molecular flexibility index (Phi) is 13.3. The molecular weight excluding hydrogens is 718 g/mol. The number of fused-ring (bicyclic) bond motifs is 4. The molecule has 0 saturated carbocycles. The van der Waals surface area contributed by atoms with Gasteiger partial charge in [-0.1, -0.05) is 29.0 Å². The quantitative estimate of drug-likeness (QED) is 0.0368. The number of nitrogens with zero attached hydrogens (tertiary/aromatic N) is 2. The van der Waals surface area contributed by atoms with Crippen molar-refractivity contribution < 1.29 is 62.8 Å². The third-order valence-electron chi connectivity index (χ3n) is 8.67. The highest BCUT2D eigenvalue weighted by Crippen LogP contribution is 2.59. The third-order valence-corrected chi connectivity index (χ3v) is 11.1. The van der Waals surface area contributed by atoms with Gasteiger partial charge in [-0.25, -0.2) is 9.59 Å². The van der Waals surface area contributed by atoms with Crippen LogP contribution in [0.4, 0.5) is 9.59 Å². The Morgan fingerprint density at radius 3 is 2.39 bits per heavy atom. The summed E-state index contributed by atoms with van der Waals surface area (Å²) < 4.78 is 16.5. The highest BCUT2D eigenvalue weighted by molar-refractivity contribution is 8.76. The van der Waals surface area contributed by atoms with Gasteiger partial charge in [-0.3, -0.25) is 33.7 Å². The molecule has 3 aliphatic heterocycles. The first kappa shape index (κ1) is 40.9. The lowest BCUT2D eigenvalue weighted by Gasteiger charge is -2.40. The maximum absolute atomic E-state index is 13.3. The number of ether oxygens (including phenoxy) is 3. The molecule has 6 atom stereocenters. The number of ketones is 2. The van der Waals surface area contributed by atoms with Gasteiger partial charge >= 0.3 is 24.1 Å². The van der Waals surface area contributed by atoms with E-state index in [0.717, 1.165) is 10.8 Å². The molecule has 0 aromatic heterocycles. The fraction of sp³-hybridized carbons (Fsp3) is 0.586. The standard InChI is InChI=1S/C28H37N7O13S2.CH4/c1-11-19(30)22(40)18-12(9-48-26(31)44)28(46-2)23-15(8-34(28)20(18)21(11)39)35(23)27(45)47-5-6-49-50-10-14(24(41)32-7-17(37)38)33-16(36)4-3-13(29)25(42)43;/h12-15,23H,3-10,29-30H2,1-2H3,(H2,31,44)(H,32,41)(H,33,36)(H,37,38)(H,42,43);1H4/t12?,13?,14?,15?,23?,28-,35?;/m1./s1. The minimum absolute atomic E-state index is 0. The van der Waals surface area contributed by atoms with E-state index in [-0.39, 0.29) is 67.5 Å². The fourth-order valence-corrected chi connectivity index (χ4v) is 8.27. The molecule has 4 aliphatic rings. The Morgan fingerprint density at radius 1 is 1.10 bits per heavy atom. The monoisotopic (exact) mass is 759 g/mol. The van der Waals surface area contributed by atoms with Crippen LogP contribution in [0, 0.1) is 5.92 Å². The number of hydrogen-bond acceptors (Lipinski definition) is 16. The molecule has 10 N–H and O–H groups in total. The van der Waals surface area contributed by atoms with E-state index in [1.54, 1.807) is 4.90 Å². The van der Waals surface area contributed by atoms with E-state index in [1.807, 2.05) is 0 Å². The number of hydrogen-bond donors (Lipinski definition) is 7. The number of carbonyl (C=O) groups excluding carboxylic acids is 6. The molecule has 51 heavy (non-hydrogen) atoms. The highest BCUT2D eigenvalue weighted by atomic mass is 33.1. The van der Waals surface area contributed by atoms with E-state index in [9.17, 15) is 38.4 Å². The van der Waals surface area contributed by atoms with E-state index in [0.29, 0.717) is 0 Å². The molecule has 2 saturated heterocycles. The van der Waals surface area contributed by atoms with Gasteiger partial charge in [0.05, 0.1) is 23.4 Å². The minimum atomic E-state index is -1.45. The van der Waals surface area contributed by atoms with Gasteiger partial charge < -0.3 is 57.2 Å². The lowest BCUT2D eigenvalue weighted by molar-refractivity contribution is -0.144. The molecule has 22 heteroatoms. The summed E-state index contributed by atoms with van der Waals surface area (Å²) >= 11 is 0. The summed E-state index contributed by atoms with van der Waals surface area (Å²) in [5, 5.41) is 22.4. The number of carboxylic acids is 2. The maximum atomic E-state index is 13.3. The zero-order valence-electron chi connectivity index (χ0n) is 26.9. The van der Waals surface area contributed by atoms with Crippen molar-refractivity contribution in [2.24, 2.45) is 23.1 Å². The molecule has 0 spiro atoms. The van der Waals surface area contributed by atoms with Gasteiger partial charge in [0.2, 0.25) is 23.4 Å². The van der Waals surface area contributed by atoms with Crippen LogP contribution in [0.3, 0.4) is 0 Å². The lowest BCUT2D eigenvalue weighted by Crippen LogP contribution is -2.56. The number of carboxylic acid groups (broad SMARTS) is 2. The number of piperazine rings is 1. The van der Waals surface area contributed by atoms with Crippen LogP contribution in [-0.4, -0.2) is 142 Å². The van der Waals surface area contributed by atoms with E-state index >= 15 is 0 Å². The van der Waals surface area contributed by atoms with Crippen LogP contribution < -0.4 is 27.8 Å². The van der Waals surface area contributed by atoms with Crippen molar-refractivity contribution >= 4 is 69.1 Å². The number of methoxy groups -OCH3 is 1. The molecule has 20 nitrogen and oxygen atoms in total. The van der Waals surface area contributed by atoms with Crippen LogP contribution in [0.1, 0.15) is 27.2 Å². The van der Waals surface area contributed by atoms with E-state index in [2.05, 4.69) is 10.6 Å². The summed E-state index contributed by atoms with van der Waals surface area (Å²) in [6, 6.07) is -3.57. The summed E-state index contributed by atoms with van der Waals surface area (Å²) in [5.74, 6) is -5.86. The molecule has 0 bridgehead atoms. The van der Waals surface area contributed by atoms with Crippen molar-refractivity contribution in [2.45, 2.75) is 57.1 Å². The van der Waals surface area contributed by atoms with Crippen molar-refractivity contribution in [2.75, 3.05) is 44.9 Å². The Labute approximate surface area is 299 Å². The predicted octanol–water partition coefficient (Wildman–Crippen LogP) is -1.91. The minimum Gasteiger partial charge on any atom is -0.480 e. The number of amides is 4. The second kappa shape index (κ2) is 16.7. The molecule has 1 aliphatic carbocycles. The highest BCUT2D eigenvalue weighted by Gasteiger charge is 2.78. The Morgan fingerprint density at radius 2 is 1.78 bits per heavy atom. The van der Waals surface area contributed by atoms with Crippen LogP contribution in [-0.2, 0) is 43.0 Å². The summed E-state index contributed by atoms with van der Waals surface area (Å²) in [4.78, 5) is 101. The number of allylic oxidation sites excluding steroid dienone is 2. The maximum Gasteiger partial charge on any atom is 0.410 e. The number of nitrogens with one attached hydrogen (secondary N) is 2. The second-order valence-electron chi connectivity index (χ2n) is 11.6. The molecule has 282 valence electrons. The average molecular weight is 760 g/mol. The van der Waals surface area contributed by atoms with Crippen LogP contribution >= 0.6 is 21.6 Å². The van der Waals surface area contributed by atoms with Gasteiger partial charge in [0, 0.05) is 42.7 Å². The van der Waals surface area contributed by atoms with Crippen LogP contribution in [0.5, 0.6) is 0 Å². The molecular formula is C29H41N7O13S2. The van der Waals surface area contributed by atoms with Crippen molar-refractivity contribution in [1.29, 1.82) is 0 Å². The summed E-state index contributed by atoms with van der Waals surface area (Å²) in [5.41, 5.74) is 15.0. The van der Waals surface area contributed by atoms with Gasteiger partial charge in [-0.05, 0) is 13.3 Å². The molecule has 0 radical (unpaired) electrons. The van der Waals surface area contributed by atoms with Crippen molar-refractivity contribution in [3.63, 3.8) is 0 Å². The Balaban J connectivity index is 0.00000702. The van der Waals surface area contributed by atoms with Crippen LogP contribution in [0.25, 0.3) is 0 Å². The van der Waals surface area contributed by atoms with Gasteiger partial charge in [0.25, 0.3) is 0 Å². The van der Waals surface area contributed by atoms with E-state index in [4.69, 9.17) is 41.6 Å². The predicted molar refractivity (Wildman–Crippen MR) is 179 cm³/mol. The van der Waals surface area contributed by atoms with E-state index < -0.39 is 96.5 Å². The van der Waals surface area contributed by atoms with Crippen molar-refractivity contribution in [1.82, 2.24) is 20.4 Å². The van der Waals surface area contributed by atoms with Gasteiger partial charge in [0.1, 0.15) is 37.9 Å². The topological polar surface area (TPSA) is 313 Å². The largest absolute Gasteiger partial charge is 0.480 e. The molecule has 5 unspecified atom stereocenters. The van der Waals surface area contributed by atoms with Crippen molar-refractivity contribution in [3.05, 3.63) is 22.5 Å². The lowest BCUT2D eigenvalue weighted by atomic mass is 9.82. The van der Waals surface area contributed by atoms with Crippen molar-refractivity contribution in [3.8, 4) is 0 Å². The first-order chi connectivity index (χ1) is 23.6. The fourth-order valence-electron chi connectivity index (χ4n) is 6.28. The molecule has 2 fully saturated rings. The SMILES string of the molecule is C.CO[C@@]12C(COC(N)=O)C3=C(C(=O)C(C)=C(N)C3=O)N1CC1C2N1C(=O)OCCSSCC(NC(=O)CCC(N)C(=O)O)C(=O)NCC(=O)O. The average Bonchev–Trinajstić information content (AvgIpc) is 3.58. The number of aliphatic carboxylic acids is 2. The summed E-state index contributed by atoms with van der Waals surface area (Å²) in [7, 11) is 3.68. The zero-order chi connectivity index (χ0) is 37.1. The molecule has 0 aromatic carbocycles. The summed E-state index contributed by atoms with van der Waals surface area (Å²) in [6.45, 7) is 0.373. The first-order valence-electron chi connectivity index (χ1n) is 15.1. The van der Waals surface area contributed by atoms with Crippen LogP contribution in [0.2, 0.25) is 0 Å². The normalized spacial score (nSPS) is 24.1.